The Kier molecular flexibility index (Phi) is 2.84. The summed E-state index contributed by atoms with van der Waals surface area (Å²) in [7, 11) is 0. The van der Waals surface area contributed by atoms with Crippen LogP contribution in [0.5, 0.6) is 0 Å². The van der Waals surface area contributed by atoms with Crippen molar-refractivity contribution in [1.29, 1.82) is 0 Å². The van der Waals surface area contributed by atoms with Crippen LogP contribution in [0.4, 0.5) is 0 Å². The van der Waals surface area contributed by atoms with E-state index < -0.39 is 0 Å². The predicted molar refractivity (Wildman–Crippen MR) is 53.9 cm³/mol. The predicted octanol–water partition coefficient (Wildman–Crippen LogP) is 2.47. The van der Waals surface area contributed by atoms with Crippen molar-refractivity contribution in [1.82, 2.24) is 10.1 Å². The van der Waals surface area contributed by atoms with Crippen LogP contribution in [0.1, 0.15) is 11.7 Å². The fourth-order valence-corrected chi connectivity index (χ4v) is 1.73. The van der Waals surface area contributed by atoms with E-state index in [0.717, 1.165) is 4.90 Å². The van der Waals surface area contributed by atoms with E-state index in [9.17, 15) is 0 Å². The van der Waals surface area contributed by atoms with Crippen LogP contribution in [0.3, 0.4) is 0 Å². The van der Waals surface area contributed by atoms with Gasteiger partial charge in [0.05, 0.1) is 5.75 Å². The molecule has 1 heterocycles. The molecule has 3 nitrogen and oxygen atoms in total. The minimum atomic E-state index is 0.657. The molecule has 0 fully saturated rings. The number of aromatic nitrogens is 2. The molecule has 0 bridgehead atoms. The van der Waals surface area contributed by atoms with Crippen LogP contribution in [-0.2, 0) is 5.75 Å². The van der Waals surface area contributed by atoms with Crippen molar-refractivity contribution >= 4 is 11.8 Å². The van der Waals surface area contributed by atoms with Crippen molar-refractivity contribution < 1.29 is 4.52 Å². The van der Waals surface area contributed by atoms with Crippen molar-refractivity contribution in [3.8, 4) is 0 Å². The zero-order chi connectivity index (χ0) is 9.80. The number of thioether (sulfide) groups is 1. The molecule has 1 aromatic carbocycles. The summed E-state index contributed by atoms with van der Waals surface area (Å²) < 4.78 is 4.99. The van der Waals surface area contributed by atoms with E-state index in [-0.39, 0.29) is 0 Å². The van der Waals surface area contributed by atoms with Crippen molar-refractivity contribution in [2.75, 3.05) is 0 Å². The first kappa shape index (κ1) is 9.27. The van der Waals surface area contributed by atoms with Crippen LogP contribution in [0.2, 0.25) is 0 Å². The van der Waals surface area contributed by atoms with Gasteiger partial charge in [-0.25, -0.2) is 0 Å². The fourth-order valence-electron chi connectivity index (χ4n) is 1.00. The molecule has 4 heteroatoms. The van der Waals surface area contributed by atoms with E-state index in [1.54, 1.807) is 11.8 Å². The Morgan fingerprint density at radius 1 is 1.50 bits per heavy atom. The molecular formula is C10H9N2OS. The summed E-state index contributed by atoms with van der Waals surface area (Å²) in [6.45, 7) is 1.81. The van der Waals surface area contributed by atoms with Crippen LogP contribution in [0.25, 0.3) is 0 Å². The molecule has 1 radical (unpaired) electrons. The van der Waals surface area contributed by atoms with Crippen LogP contribution in [0, 0.1) is 13.0 Å². The van der Waals surface area contributed by atoms with E-state index in [4.69, 9.17) is 4.52 Å². The molecular weight excluding hydrogens is 196 g/mol. The zero-order valence-electron chi connectivity index (χ0n) is 7.73. The fraction of sp³-hybridized carbons (Fsp3) is 0.200. The van der Waals surface area contributed by atoms with Gasteiger partial charge < -0.3 is 4.52 Å². The average molecular weight is 205 g/mol. The number of nitrogens with zero attached hydrogens (tertiary/aromatic N) is 2. The third-order valence-electron chi connectivity index (χ3n) is 1.60. The van der Waals surface area contributed by atoms with Gasteiger partial charge in [0.1, 0.15) is 0 Å². The number of rotatable bonds is 3. The van der Waals surface area contributed by atoms with Crippen LogP contribution in [-0.4, -0.2) is 10.1 Å². The molecule has 0 aliphatic heterocycles. The van der Waals surface area contributed by atoms with Gasteiger partial charge >= 0.3 is 0 Å². The zero-order valence-corrected chi connectivity index (χ0v) is 8.54. The van der Waals surface area contributed by atoms with Gasteiger partial charge in [-0.2, -0.15) is 4.98 Å². The van der Waals surface area contributed by atoms with Crippen molar-refractivity contribution in [3.05, 3.63) is 42.0 Å². The average Bonchev–Trinajstić information content (AvgIpc) is 2.63. The molecule has 0 saturated heterocycles. The second-order valence-electron chi connectivity index (χ2n) is 2.75. The minimum Gasteiger partial charge on any atom is -0.338 e. The summed E-state index contributed by atoms with van der Waals surface area (Å²) in [4.78, 5) is 5.20. The summed E-state index contributed by atoms with van der Waals surface area (Å²) in [5, 5.41) is 3.72. The van der Waals surface area contributed by atoms with Crippen LogP contribution in [0.15, 0.2) is 33.7 Å². The quantitative estimate of drug-likeness (QED) is 0.721. The third-order valence-corrected chi connectivity index (χ3v) is 2.56. The molecule has 0 aliphatic rings. The van der Waals surface area contributed by atoms with Crippen molar-refractivity contribution in [2.45, 2.75) is 17.6 Å². The molecule has 0 N–H and O–H groups in total. The van der Waals surface area contributed by atoms with Gasteiger partial charge in [-0.1, -0.05) is 23.4 Å². The minimum absolute atomic E-state index is 0.657. The first-order valence-electron chi connectivity index (χ1n) is 4.23. The van der Waals surface area contributed by atoms with Crippen LogP contribution < -0.4 is 0 Å². The SMILES string of the molecule is Cc1noc(CSc2[c]cccc2)n1. The summed E-state index contributed by atoms with van der Waals surface area (Å²) >= 11 is 1.64. The van der Waals surface area contributed by atoms with Gasteiger partial charge in [0.15, 0.2) is 5.82 Å². The van der Waals surface area contributed by atoms with Crippen molar-refractivity contribution in [2.24, 2.45) is 0 Å². The Labute approximate surface area is 86.5 Å². The number of aryl methyl sites for hydroxylation is 1. The Morgan fingerprint density at radius 3 is 3.07 bits per heavy atom. The molecule has 71 valence electrons. The van der Waals surface area contributed by atoms with E-state index in [1.165, 1.54) is 0 Å². The second kappa shape index (κ2) is 4.28. The lowest BCUT2D eigenvalue weighted by Crippen LogP contribution is -1.80. The summed E-state index contributed by atoms with van der Waals surface area (Å²) in [6, 6.07) is 10.9. The molecule has 0 unspecified atom stereocenters. The van der Waals surface area contributed by atoms with Gasteiger partial charge in [-0.3, -0.25) is 0 Å². The maximum absolute atomic E-state index is 4.99. The summed E-state index contributed by atoms with van der Waals surface area (Å²) in [5.41, 5.74) is 0. The normalized spacial score (nSPS) is 10.4. The number of hydrogen-bond donors (Lipinski definition) is 0. The first-order valence-corrected chi connectivity index (χ1v) is 5.22. The molecule has 0 amide bonds. The molecule has 2 rings (SSSR count). The molecule has 0 aliphatic carbocycles. The lowest BCUT2D eigenvalue weighted by Gasteiger charge is -1.95. The van der Waals surface area contributed by atoms with Crippen LogP contribution >= 0.6 is 11.8 Å². The highest BCUT2D eigenvalue weighted by atomic mass is 32.2. The molecule has 0 saturated carbocycles. The Bertz CT molecular complexity index is 400. The summed E-state index contributed by atoms with van der Waals surface area (Å²) in [5.74, 6) is 2.03. The maximum Gasteiger partial charge on any atom is 0.236 e. The Balaban J connectivity index is 1.95. The molecule has 0 spiro atoms. The summed E-state index contributed by atoms with van der Waals surface area (Å²) in [6.07, 6.45) is 0. The first-order chi connectivity index (χ1) is 6.84. The Hall–Kier alpha value is -1.29. The van der Waals surface area contributed by atoms with E-state index in [0.29, 0.717) is 17.5 Å². The van der Waals surface area contributed by atoms with E-state index >= 15 is 0 Å². The number of benzene rings is 1. The van der Waals surface area contributed by atoms with E-state index in [1.807, 2.05) is 31.2 Å². The maximum atomic E-state index is 4.99. The van der Waals surface area contributed by atoms with Gasteiger partial charge in [-0.05, 0) is 19.1 Å². The lowest BCUT2D eigenvalue weighted by molar-refractivity contribution is 0.387. The van der Waals surface area contributed by atoms with Crippen molar-refractivity contribution in [3.63, 3.8) is 0 Å². The number of hydrogen-bond acceptors (Lipinski definition) is 4. The topological polar surface area (TPSA) is 38.9 Å². The third kappa shape index (κ3) is 2.35. The van der Waals surface area contributed by atoms with Gasteiger partial charge in [0.2, 0.25) is 5.89 Å². The van der Waals surface area contributed by atoms with Gasteiger partial charge in [0, 0.05) is 4.90 Å². The monoisotopic (exact) mass is 205 g/mol. The second-order valence-corrected chi connectivity index (χ2v) is 3.77. The van der Waals surface area contributed by atoms with E-state index in [2.05, 4.69) is 16.2 Å². The highest BCUT2D eigenvalue weighted by Crippen LogP contribution is 2.20. The smallest absolute Gasteiger partial charge is 0.236 e. The molecule has 1 aromatic heterocycles. The van der Waals surface area contributed by atoms with Gasteiger partial charge in [0.25, 0.3) is 0 Å². The largest absolute Gasteiger partial charge is 0.338 e. The van der Waals surface area contributed by atoms with Gasteiger partial charge in [-0.15, -0.1) is 11.8 Å². The lowest BCUT2D eigenvalue weighted by atomic mass is 10.4. The molecule has 14 heavy (non-hydrogen) atoms. The standard InChI is InChI=1S/C10H9N2OS/c1-8-11-10(13-12-8)7-14-9-5-3-2-4-6-9/h2-5H,7H2,1H3. The highest BCUT2D eigenvalue weighted by Gasteiger charge is 2.02. The molecule has 0 atom stereocenters. The Morgan fingerprint density at radius 2 is 2.43 bits per heavy atom. The highest BCUT2D eigenvalue weighted by molar-refractivity contribution is 7.98. The molecule has 2 aromatic rings.